The third kappa shape index (κ3) is 2.85. The summed E-state index contributed by atoms with van der Waals surface area (Å²) in [4.78, 5) is 21.3. The standard InChI is InChI=1S/C22H17N5O/c28-22-20-14-19(26-27(20)13-12-24-22)18-10-11-23-21(25-18)17-9-5-4-8-16(17)15-6-2-1-3-7-15/h1-11,14H,12-13H2,(H,24,28). The molecular formula is C22H17N5O. The van der Waals surface area contributed by atoms with Crippen molar-refractivity contribution in [2.24, 2.45) is 0 Å². The summed E-state index contributed by atoms with van der Waals surface area (Å²) in [7, 11) is 0. The highest BCUT2D eigenvalue weighted by Gasteiger charge is 2.20. The predicted molar refractivity (Wildman–Crippen MR) is 106 cm³/mol. The molecule has 1 aliphatic heterocycles. The quantitative estimate of drug-likeness (QED) is 0.602. The lowest BCUT2D eigenvalue weighted by atomic mass is 9.99. The summed E-state index contributed by atoms with van der Waals surface area (Å²) < 4.78 is 1.73. The molecule has 28 heavy (non-hydrogen) atoms. The zero-order valence-corrected chi connectivity index (χ0v) is 15.0. The van der Waals surface area contributed by atoms with Gasteiger partial charge in [0.25, 0.3) is 5.91 Å². The first-order chi connectivity index (χ1) is 13.8. The summed E-state index contributed by atoms with van der Waals surface area (Å²) in [5.41, 5.74) is 5.07. The summed E-state index contributed by atoms with van der Waals surface area (Å²) in [5, 5.41) is 7.39. The molecular weight excluding hydrogens is 350 g/mol. The van der Waals surface area contributed by atoms with Gasteiger partial charge in [-0.05, 0) is 23.3 Å². The number of hydrogen-bond acceptors (Lipinski definition) is 4. The first kappa shape index (κ1) is 16.4. The van der Waals surface area contributed by atoms with Crippen molar-refractivity contribution in [2.75, 3.05) is 6.54 Å². The van der Waals surface area contributed by atoms with Crippen molar-refractivity contribution in [1.29, 1.82) is 0 Å². The maximum absolute atomic E-state index is 12.0. The van der Waals surface area contributed by atoms with Crippen molar-refractivity contribution >= 4 is 5.91 Å². The van der Waals surface area contributed by atoms with Crippen LogP contribution in [0.15, 0.2) is 72.9 Å². The van der Waals surface area contributed by atoms with Crippen molar-refractivity contribution < 1.29 is 4.79 Å². The van der Waals surface area contributed by atoms with E-state index in [9.17, 15) is 4.79 Å². The molecule has 0 bridgehead atoms. The van der Waals surface area contributed by atoms with E-state index in [-0.39, 0.29) is 5.91 Å². The summed E-state index contributed by atoms with van der Waals surface area (Å²) >= 11 is 0. The first-order valence-corrected chi connectivity index (χ1v) is 9.14. The van der Waals surface area contributed by atoms with Gasteiger partial charge in [-0.2, -0.15) is 5.10 Å². The average Bonchev–Trinajstić information content (AvgIpc) is 3.20. The number of hydrogen-bond donors (Lipinski definition) is 1. The molecule has 3 heterocycles. The molecule has 0 fully saturated rings. The molecule has 5 rings (SSSR count). The van der Waals surface area contributed by atoms with Crippen LogP contribution in [0.25, 0.3) is 33.9 Å². The fourth-order valence-corrected chi connectivity index (χ4v) is 3.44. The maximum Gasteiger partial charge on any atom is 0.269 e. The number of aromatic nitrogens is 4. The van der Waals surface area contributed by atoms with Crippen molar-refractivity contribution in [1.82, 2.24) is 25.1 Å². The van der Waals surface area contributed by atoms with Gasteiger partial charge in [0.15, 0.2) is 5.82 Å². The van der Waals surface area contributed by atoms with Crippen LogP contribution in [0.3, 0.4) is 0 Å². The van der Waals surface area contributed by atoms with E-state index in [2.05, 4.69) is 33.6 Å². The van der Waals surface area contributed by atoms with E-state index in [1.165, 1.54) is 0 Å². The monoisotopic (exact) mass is 367 g/mol. The van der Waals surface area contributed by atoms with Crippen LogP contribution in [0, 0.1) is 0 Å². The SMILES string of the molecule is O=C1NCCn2nc(-c3ccnc(-c4ccccc4-c4ccccc4)n3)cc21. The van der Waals surface area contributed by atoms with Crippen LogP contribution in [0.1, 0.15) is 10.5 Å². The number of benzene rings is 2. The van der Waals surface area contributed by atoms with Gasteiger partial charge in [0.2, 0.25) is 0 Å². The molecule has 0 aliphatic carbocycles. The highest BCUT2D eigenvalue weighted by atomic mass is 16.2. The number of nitrogens with zero attached hydrogens (tertiary/aromatic N) is 4. The van der Waals surface area contributed by atoms with Crippen molar-refractivity contribution in [3.8, 4) is 33.9 Å². The fourth-order valence-electron chi connectivity index (χ4n) is 3.44. The number of carbonyl (C=O) groups excluding carboxylic acids is 1. The van der Waals surface area contributed by atoms with E-state index in [4.69, 9.17) is 4.98 Å². The Labute approximate surface area is 161 Å². The third-order valence-electron chi connectivity index (χ3n) is 4.79. The summed E-state index contributed by atoms with van der Waals surface area (Å²) in [6, 6.07) is 21.9. The highest BCUT2D eigenvalue weighted by Crippen LogP contribution is 2.30. The Kier molecular flexibility index (Phi) is 3.94. The zero-order valence-electron chi connectivity index (χ0n) is 15.0. The van der Waals surface area contributed by atoms with E-state index in [1.807, 2.05) is 42.5 Å². The molecule has 1 aliphatic rings. The van der Waals surface area contributed by atoms with E-state index < -0.39 is 0 Å². The van der Waals surface area contributed by atoms with Crippen LogP contribution in [-0.2, 0) is 6.54 Å². The summed E-state index contributed by atoms with van der Waals surface area (Å²) in [6.07, 6.45) is 1.73. The van der Waals surface area contributed by atoms with Gasteiger partial charge < -0.3 is 5.32 Å². The minimum absolute atomic E-state index is 0.103. The van der Waals surface area contributed by atoms with Gasteiger partial charge in [0, 0.05) is 18.3 Å². The molecule has 0 atom stereocenters. The van der Waals surface area contributed by atoms with Crippen molar-refractivity contribution in [3.05, 3.63) is 78.6 Å². The second-order valence-electron chi connectivity index (χ2n) is 6.57. The van der Waals surface area contributed by atoms with Crippen molar-refractivity contribution in [3.63, 3.8) is 0 Å². The lowest BCUT2D eigenvalue weighted by Crippen LogP contribution is -2.35. The second kappa shape index (κ2) is 6.74. The molecule has 6 nitrogen and oxygen atoms in total. The molecule has 2 aromatic carbocycles. The van der Waals surface area contributed by atoms with Crippen LogP contribution in [0.2, 0.25) is 0 Å². The Bertz CT molecular complexity index is 1170. The Balaban J connectivity index is 1.59. The minimum atomic E-state index is -0.103. The molecule has 136 valence electrons. The zero-order chi connectivity index (χ0) is 18.9. The van der Waals surface area contributed by atoms with Gasteiger partial charge >= 0.3 is 0 Å². The van der Waals surface area contributed by atoms with Gasteiger partial charge in [0.1, 0.15) is 11.4 Å². The molecule has 0 unspecified atom stereocenters. The van der Waals surface area contributed by atoms with E-state index in [0.717, 1.165) is 16.7 Å². The van der Waals surface area contributed by atoms with Crippen LogP contribution in [-0.4, -0.2) is 32.2 Å². The molecule has 6 heteroatoms. The largest absolute Gasteiger partial charge is 0.349 e. The van der Waals surface area contributed by atoms with E-state index in [0.29, 0.717) is 36.0 Å². The molecule has 0 radical (unpaired) electrons. The van der Waals surface area contributed by atoms with E-state index in [1.54, 1.807) is 16.9 Å². The average molecular weight is 367 g/mol. The number of rotatable bonds is 3. The lowest BCUT2D eigenvalue weighted by molar-refractivity contribution is 0.0924. The van der Waals surface area contributed by atoms with Gasteiger partial charge in [-0.25, -0.2) is 9.97 Å². The number of carbonyl (C=O) groups is 1. The van der Waals surface area contributed by atoms with E-state index >= 15 is 0 Å². The molecule has 1 amide bonds. The smallest absolute Gasteiger partial charge is 0.269 e. The predicted octanol–water partition coefficient (Wildman–Crippen LogP) is 3.42. The van der Waals surface area contributed by atoms with Crippen LogP contribution in [0.5, 0.6) is 0 Å². The molecule has 0 spiro atoms. The maximum atomic E-state index is 12.0. The molecule has 0 saturated heterocycles. The molecule has 0 saturated carbocycles. The minimum Gasteiger partial charge on any atom is -0.349 e. The van der Waals surface area contributed by atoms with Gasteiger partial charge in [-0.1, -0.05) is 54.6 Å². The Morgan fingerprint density at radius 2 is 1.68 bits per heavy atom. The number of fused-ring (bicyclic) bond motifs is 1. The number of nitrogens with one attached hydrogen (secondary N) is 1. The van der Waals surface area contributed by atoms with Crippen molar-refractivity contribution in [2.45, 2.75) is 6.54 Å². The molecule has 4 aromatic rings. The Morgan fingerprint density at radius 3 is 2.50 bits per heavy atom. The normalized spacial score (nSPS) is 13.1. The highest BCUT2D eigenvalue weighted by molar-refractivity contribution is 5.94. The number of amides is 1. The summed E-state index contributed by atoms with van der Waals surface area (Å²) in [6.45, 7) is 1.25. The second-order valence-corrected chi connectivity index (χ2v) is 6.57. The first-order valence-electron chi connectivity index (χ1n) is 9.14. The Hall–Kier alpha value is -3.80. The topological polar surface area (TPSA) is 72.7 Å². The van der Waals surface area contributed by atoms with Gasteiger partial charge in [-0.15, -0.1) is 0 Å². The molecule has 1 N–H and O–H groups in total. The third-order valence-corrected chi connectivity index (χ3v) is 4.79. The van der Waals surface area contributed by atoms with Gasteiger partial charge in [-0.3, -0.25) is 9.48 Å². The van der Waals surface area contributed by atoms with Crippen LogP contribution >= 0.6 is 0 Å². The van der Waals surface area contributed by atoms with Crippen LogP contribution in [0.4, 0.5) is 0 Å². The Morgan fingerprint density at radius 1 is 0.893 bits per heavy atom. The van der Waals surface area contributed by atoms with Crippen LogP contribution < -0.4 is 5.32 Å². The fraction of sp³-hybridized carbons (Fsp3) is 0.0909. The summed E-state index contributed by atoms with van der Waals surface area (Å²) in [5.74, 6) is 0.529. The lowest BCUT2D eigenvalue weighted by Gasteiger charge is -2.13. The molecule has 2 aromatic heterocycles. The van der Waals surface area contributed by atoms with Gasteiger partial charge in [0.05, 0.1) is 12.2 Å².